The van der Waals surface area contributed by atoms with Crippen LogP contribution in [0.15, 0.2) is 41.9 Å². The van der Waals surface area contributed by atoms with Crippen molar-refractivity contribution in [1.82, 2.24) is 4.98 Å². The predicted molar refractivity (Wildman–Crippen MR) is 81.2 cm³/mol. The zero-order valence-electron chi connectivity index (χ0n) is 11.3. The summed E-state index contributed by atoms with van der Waals surface area (Å²) in [5.74, 6) is -0.526. The molecule has 0 aliphatic carbocycles. The summed E-state index contributed by atoms with van der Waals surface area (Å²) in [6, 6.07) is 8.26. The van der Waals surface area contributed by atoms with Crippen LogP contribution in [0, 0.1) is 5.82 Å². The molecule has 3 aromatic rings. The van der Waals surface area contributed by atoms with Gasteiger partial charge in [0, 0.05) is 17.1 Å². The fraction of sp³-hybridized carbons (Fsp3) is 0.188. The van der Waals surface area contributed by atoms with Crippen molar-refractivity contribution in [1.29, 1.82) is 0 Å². The van der Waals surface area contributed by atoms with Crippen molar-refractivity contribution in [3.63, 3.8) is 0 Å². The van der Waals surface area contributed by atoms with Crippen LogP contribution in [-0.2, 0) is 11.2 Å². The second kappa shape index (κ2) is 6.10. The van der Waals surface area contributed by atoms with Crippen molar-refractivity contribution in [2.45, 2.75) is 12.8 Å². The first-order valence-electron chi connectivity index (χ1n) is 6.70. The fourth-order valence-electron chi connectivity index (χ4n) is 2.25. The molecule has 21 heavy (non-hydrogen) atoms. The van der Waals surface area contributed by atoms with Crippen LogP contribution in [0.2, 0.25) is 0 Å². The number of H-pyrrole nitrogens is 1. The molecule has 0 bridgehead atoms. The number of thiophene rings is 1. The molecule has 0 atom stereocenters. The van der Waals surface area contributed by atoms with Crippen molar-refractivity contribution < 1.29 is 13.9 Å². The number of carbonyl (C=O) groups is 1. The lowest BCUT2D eigenvalue weighted by atomic mass is 10.1. The number of hydrogen-bond donors (Lipinski definition) is 1. The monoisotopic (exact) mass is 303 g/mol. The Bertz CT molecular complexity index is 749. The molecule has 1 N–H and O–H groups in total. The molecular weight excluding hydrogens is 289 g/mol. The zero-order chi connectivity index (χ0) is 14.7. The molecule has 0 spiro atoms. The van der Waals surface area contributed by atoms with Gasteiger partial charge in [-0.15, -0.1) is 11.3 Å². The standard InChI is InChI=1S/C16H14FNO2S/c17-12-5-6-14-13(9-12)11(10-18-14)3-1-7-20-16(19)15-4-2-8-21-15/h2,4-6,8-10,18H,1,3,7H2. The summed E-state index contributed by atoms with van der Waals surface area (Å²) in [5, 5.41) is 2.73. The van der Waals surface area contributed by atoms with Gasteiger partial charge in [0.15, 0.2) is 0 Å². The van der Waals surface area contributed by atoms with Crippen molar-refractivity contribution >= 4 is 28.2 Å². The molecule has 0 radical (unpaired) electrons. The van der Waals surface area contributed by atoms with Crippen molar-refractivity contribution in [3.8, 4) is 0 Å². The molecule has 0 aliphatic rings. The Morgan fingerprint density at radius 3 is 3.05 bits per heavy atom. The van der Waals surface area contributed by atoms with Gasteiger partial charge in [-0.25, -0.2) is 9.18 Å². The van der Waals surface area contributed by atoms with Crippen molar-refractivity contribution in [2.24, 2.45) is 0 Å². The largest absolute Gasteiger partial charge is 0.461 e. The maximum atomic E-state index is 13.3. The lowest BCUT2D eigenvalue weighted by Crippen LogP contribution is -2.05. The lowest BCUT2D eigenvalue weighted by molar-refractivity contribution is 0.0506. The molecule has 0 aliphatic heterocycles. The maximum absolute atomic E-state index is 13.3. The molecular formula is C16H14FNO2S. The number of carbonyl (C=O) groups excluding carboxylic acids is 1. The highest BCUT2D eigenvalue weighted by Crippen LogP contribution is 2.20. The minimum absolute atomic E-state index is 0.243. The Morgan fingerprint density at radius 1 is 1.33 bits per heavy atom. The van der Waals surface area contributed by atoms with Crippen LogP contribution in [0.25, 0.3) is 10.9 Å². The molecule has 0 saturated carbocycles. The Labute approximate surface area is 125 Å². The Hall–Kier alpha value is -2.14. The van der Waals surface area contributed by atoms with Gasteiger partial charge < -0.3 is 9.72 Å². The molecule has 108 valence electrons. The van der Waals surface area contributed by atoms with Gasteiger partial charge >= 0.3 is 5.97 Å². The van der Waals surface area contributed by atoms with Gasteiger partial charge in [0.05, 0.1) is 6.61 Å². The van der Waals surface area contributed by atoms with Crippen LogP contribution in [0.1, 0.15) is 21.7 Å². The number of fused-ring (bicyclic) bond motifs is 1. The summed E-state index contributed by atoms with van der Waals surface area (Å²) in [5.41, 5.74) is 1.96. The van der Waals surface area contributed by atoms with E-state index in [0.717, 1.165) is 22.9 Å². The van der Waals surface area contributed by atoms with E-state index in [0.29, 0.717) is 17.9 Å². The molecule has 0 saturated heterocycles. The molecule has 0 fully saturated rings. The van der Waals surface area contributed by atoms with E-state index in [-0.39, 0.29) is 11.8 Å². The molecule has 1 aromatic carbocycles. The number of halogens is 1. The average molecular weight is 303 g/mol. The molecule has 0 amide bonds. The van der Waals surface area contributed by atoms with Gasteiger partial charge in [-0.05, 0) is 48.1 Å². The summed E-state index contributed by atoms with van der Waals surface area (Å²) in [6.07, 6.45) is 3.33. The highest BCUT2D eigenvalue weighted by Gasteiger charge is 2.08. The van der Waals surface area contributed by atoms with E-state index in [9.17, 15) is 9.18 Å². The zero-order valence-corrected chi connectivity index (χ0v) is 12.1. The minimum Gasteiger partial charge on any atom is -0.461 e. The predicted octanol–water partition coefficient (Wildman–Crippen LogP) is 4.16. The summed E-state index contributed by atoms with van der Waals surface area (Å²) >= 11 is 1.37. The summed E-state index contributed by atoms with van der Waals surface area (Å²) < 4.78 is 18.5. The van der Waals surface area contributed by atoms with E-state index in [4.69, 9.17) is 4.74 Å². The van der Waals surface area contributed by atoms with Gasteiger partial charge in [-0.1, -0.05) is 6.07 Å². The van der Waals surface area contributed by atoms with Crippen LogP contribution in [0.4, 0.5) is 4.39 Å². The SMILES string of the molecule is O=C(OCCCc1c[nH]c2ccc(F)cc12)c1cccs1. The van der Waals surface area contributed by atoms with Gasteiger partial charge in [0.2, 0.25) is 0 Å². The van der Waals surface area contributed by atoms with Crippen LogP contribution in [0.3, 0.4) is 0 Å². The second-order valence-corrected chi connectivity index (χ2v) is 5.67. The van der Waals surface area contributed by atoms with Gasteiger partial charge in [0.1, 0.15) is 10.7 Å². The Balaban J connectivity index is 1.55. The van der Waals surface area contributed by atoms with Gasteiger partial charge in [-0.3, -0.25) is 0 Å². The topological polar surface area (TPSA) is 42.1 Å². The average Bonchev–Trinajstić information content (AvgIpc) is 3.13. The molecule has 5 heteroatoms. The van der Waals surface area contributed by atoms with Crippen molar-refractivity contribution in [3.05, 3.63) is 58.2 Å². The van der Waals surface area contributed by atoms with Crippen LogP contribution < -0.4 is 0 Å². The van der Waals surface area contributed by atoms with Gasteiger partial charge in [0.25, 0.3) is 0 Å². The van der Waals surface area contributed by atoms with E-state index >= 15 is 0 Å². The highest BCUT2D eigenvalue weighted by molar-refractivity contribution is 7.11. The molecule has 3 nitrogen and oxygen atoms in total. The number of esters is 1. The van der Waals surface area contributed by atoms with E-state index in [1.54, 1.807) is 12.1 Å². The third kappa shape index (κ3) is 3.13. The number of aromatic nitrogens is 1. The first kappa shape index (κ1) is 13.8. The summed E-state index contributed by atoms with van der Waals surface area (Å²) in [7, 11) is 0. The number of benzene rings is 1. The Morgan fingerprint density at radius 2 is 2.24 bits per heavy atom. The first-order chi connectivity index (χ1) is 10.2. The first-order valence-corrected chi connectivity index (χ1v) is 7.58. The van der Waals surface area contributed by atoms with Gasteiger partial charge in [-0.2, -0.15) is 0 Å². The summed E-state index contributed by atoms with van der Waals surface area (Å²) in [6.45, 7) is 0.360. The molecule has 2 aromatic heterocycles. The van der Waals surface area contributed by atoms with E-state index < -0.39 is 0 Å². The number of hydrogen-bond acceptors (Lipinski definition) is 3. The maximum Gasteiger partial charge on any atom is 0.348 e. The number of aromatic amines is 1. The molecule has 0 unspecified atom stereocenters. The third-order valence-corrected chi connectivity index (χ3v) is 4.13. The van der Waals surface area contributed by atoms with Crippen LogP contribution in [-0.4, -0.2) is 17.6 Å². The number of ether oxygens (including phenoxy) is 1. The normalized spacial score (nSPS) is 10.9. The number of rotatable bonds is 5. The van der Waals surface area contributed by atoms with Crippen LogP contribution >= 0.6 is 11.3 Å². The summed E-state index contributed by atoms with van der Waals surface area (Å²) in [4.78, 5) is 15.4. The Kier molecular flexibility index (Phi) is 4.01. The molecule has 3 rings (SSSR count). The third-order valence-electron chi connectivity index (χ3n) is 3.28. The number of nitrogens with one attached hydrogen (secondary N) is 1. The number of aryl methyl sites for hydroxylation is 1. The fourth-order valence-corrected chi connectivity index (χ4v) is 2.87. The highest BCUT2D eigenvalue weighted by atomic mass is 32.1. The second-order valence-electron chi connectivity index (χ2n) is 4.72. The van der Waals surface area contributed by atoms with E-state index in [1.165, 1.54) is 23.5 Å². The lowest BCUT2D eigenvalue weighted by Gasteiger charge is -2.03. The molecule has 2 heterocycles. The van der Waals surface area contributed by atoms with E-state index in [2.05, 4.69) is 4.98 Å². The smallest absolute Gasteiger partial charge is 0.348 e. The minimum atomic E-state index is -0.282. The quantitative estimate of drug-likeness (QED) is 0.568. The van der Waals surface area contributed by atoms with Crippen LogP contribution in [0.5, 0.6) is 0 Å². The van der Waals surface area contributed by atoms with E-state index in [1.807, 2.05) is 17.6 Å². The van der Waals surface area contributed by atoms with Crippen molar-refractivity contribution in [2.75, 3.05) is 6.61 Å².